The lowest BCUT2D eigenvalue weighted by atomic mass is 10.1. The van der Waals surface area contributed by atoms with Gasteiger partial charge >= 0.3 is 6.03 Å². The van der Waals surface area contributed by atoms with Crippen molar-refractivity contribution >= 4 is 17.1 Å². The highest BCUT2D eigenvalue weighted by Gasteiger charge is 2.17. The topological polar surface area (TPSA) is 50.2 Å². The van der Waals surface area contributed by atoms with Gasteiger partial charge in [0.2, 0.25) is 0 Å². The summed E-state index contributed by atoms with van der Waals surface area (Å²) in [6.07, 6.45) is 1.84. The van der Waals surface area contributed by atoms with Crippen LogP contribution in [0.3, 0.4) is 0 Å². The number of aromatic nitrogens is 2. The number of para-hydroxylation sites is 2. The Bertz CT molecular complexity index is 1100. The Morgan fingerprint density at radius 1 is 1.00 bits per heavy atom. The molecule has 1 atom stereocenters. The lowest BCUT2D eigenvalue weighted by Gasteiger charge is -2.26. The summed E-state index contributed by atoms with van der Waals surface area (Å²) < 4.78 is 2.07. The minimum absolute atomic E-state index is 0.0423. The number of amides is 2. The quantitative estimate of drug-likeness (QED) is 0.530. The predicted octanol–water partition coefficient (Wildman–Crippen LogP) is 4.93. The molecule has 4 aromatic rings. The lowest BCUT2D eigenvalue weighted by molar-refractivity contribution is 0.194. The van der Waals surface area contributed by atoms with Crippen LogP contribution in [0.25, 0.3) is 16.7 Å². The van der Waals surface area contributed by atoms with Crippen LogP contribution < -0.4 is 5.32 Å². The van der Waals surface area contributed by atoms with E-state index in [9.17, 15) is 4.79 Å². The van der Waals surface area contributed by atoms with Crippen LogP contribution >= 0.6 is 0 Å². The third-order valence-electron chi connectivity index (χ3n) is 5.30. The molecule has 0 saturated carbocycles. The number of benzene rings is 3. The molecule has 0 aliphatic heterocycles. The van der Waals surface area contributed by atoms with Gasteiger partial charge < -0.3 is 10.2 Å². The molecular weight excluding hydrogens is 360 g/mol. The lowest BCUT2D eigenvalue weighted by Crippen LogP contribution is -2.38. The smallest absolute Gasteiger partial charge is 0.317 e. The first kappa shape index (κ1) is 18.7. The molecule has 29 heavy (non-hydrogen) atoms. The molecule has 0 fully saturated rings. The van der Waals surface area contributed by atoms with Crippen molar-refractivity contribution in [1.82, 2.24) is 19.8 Å². The summed E-state index contributed by atoms with van der Waals surface area (Å²) in [5.41, 5.74) is 5.26. The van der Waals surface area contributed by atoms with Gasteiger partial charge in [0.1, 0.15) is 6.33 Å². The van der Waals surface area contributed by atoms with Crippen LogP contribution in [0.15, 0.2) is 85.2 Å². The van der Waals surface area contributed by atoms with Gasteiger partial charge in [-0.2, -0.15) is 0 Å². The van der Waals surface area contributed by atoms with Gasteiger partial charge in [0.15, 0.2) is 0 Å². The van der Waals surface area contributed by atoms with Crippen LogP contribution in [-0.4, -0.2) is 27.5 Å². The highest BCUT2D eigenvalue weighted by Crippen LogP contribution is 2.23. The Morgan fingerprint density at radius 2 is 1.69 bits per heavy atom. The van der Waals surface area contributed by atoms with Crippen molar-refractivity contribution < 1.29 is 4.79 Å². The predicted molar refractivity (Wildman–Crippen MR) is 116 cm³/mol. The Kier molecular flexibility index (Phi) is 5.29. The van der Waals surface area contributed by atoms with Crippen LogP contribution in [0.4, 0.5) is 4.79 Å². The summed E-state index contributed by atoms with van der Waals surface area (Å²) in [6, 6.07) is 26.1. The third-order valence-corrected chi connectivity index (χ3v) is 5.30. The molecule has 0 bridgehead atoms. The van der Waals surface area contributed by atoms with E-state index in [2.05, 4.69) is 45.2 Å². The van der Waals surface area contributed by atoms with E-state index in [1.807, 2.05) is 68.8 Å². The van der Waals surface area contributed by atoms with Crippen LogP contribution in [0.2, 0.25) is 0 Å². The molecule has 0 radical (unpaired) electrons. The largest absolute Gasteiger partial charge is 0.334 e. The molecule has 4 rings (SSSR count). The molecule has 1 aromatic heterocycles. The zero-order chi connectivity index (χ0) is 20.2. The zero-order valence-electron chi connectivity index (χ0n) is 16.6. The minimum atomic E-state index is -0.0916. The zero-order valence-corrected chi connectivity index (χ0v) is 16.6. The first-order valence-corrected chi connectivity index (χ1v) is 9.70. The van der Waals surface area contributed by atoms with Crippen molar-refractivity contribution in [3.63, 3.8) is 0 Å². The Labute approximate surface area is 170 Å². The van der Waals surface area contributed by atoms with Gasteiger partial charge in [-0.1, -0.05) is 54.6 Å². The number of nitrogens with zero attached hydrogens (tertiary/aromatic N) is 3. The SMILES string of the molecule is CC(c1ccc(-n2cnc3ccccc32)cc1)N(C)C(=O)NCc1ccccc1. The van der Waals surface area contributed by atoms with E-state index in [-0.39, 0.29) is 12.1 Å². The Morgan fingerprint density at radius 3 is 2.45 bits per heavy atom. The fraction of sp³-hybridized carbons (Fsp3) is 0.167. The summed E-state index contributed by atoms with van der Waals surface area (Å²) in [5.74, 6) is 0. The van der Waals surface area contributed by atoms with Gasteiger partial charge in [0, 0.05) is 19.3 Å². The van der Waals surface area contributed by atoms with E-state index < -0.39 is 0 Å². The molecule has 146 valence electrons. The molecule has 0 spiro atoms. The number of nitrogens with one attached hydrogen (secondary N) is 1. The molecule has 0 saturated heterocycles. The number of carbonyl (C=O) groups is 1. The average Bonchev–Trinajstić information content (AvgIpc) is 3.21. The maximum Gasteiger partial charge on any atom is 0.317 e. The number of imidazole rings is 1. The summed E-state index contributed by atoms with van der Waals surface area (Å²) in [6.45, 7) is 2.55. The fourth-order valence-electron chi connectivity index (χ4n) is 3.38. The molecule has 3 aromatic carbocycles. The van der Waals surface area contributed by atoms with Crippen LogP contribution in [0.1, 0.15) is 24.1 Å². The molecule has 1 heterocycles. The summed E-state index contributed by atoms with van der Waals surface area (Å²) in [7, 11) is 1.82. The van der Waals surface area contributed by atoms with E-state index in [0.29, 0.717) is 6.54 Å². The van der Waals surface area contributed by atoms with Crippen molar-refractivity contribution in [1.29, 1.82) is 0 Å². The molecule has 0 aliphatic carbocycles. The number of rotatable bonds is 5. The third kappa shape index (κ3) is 3.99. The van der Waals surface area contributed by atoms with Gasteiger partial charge in [-0.3, -0.25) is 4.57 Å². The maximum atomic E-state index is 12.5. The maximum absolute atomic E-state index is 12.5. The van der Waals surface area contributed by atoms with Gasteiger partial charge in [-0.15, -0.1) is 0 Å². The first-order chi connectivity index (χ1) is 14.1. The van der Waals surface area contributed by atoms with Gasteiger partial charge in [-0.05, 0) is 42.3 Å². The normalized spacial score (nSPS) is 11.9. The van der Waals surface area contributed by atoms with Crippen molar-refractivity contribution in [2.24, 2.45) is 0 Å². The number of urea groups is 1. The van der Waals surface area contributed by atoms with E-state index in [0.717, 1.165) is 27.8 Å². The van der Waals surface area contributed by atoms with Gasteiger partial charge in [-0.25, -0.2) is 9.78 Å². The highest BCUT2D eigenvalue weighted by molar-refractivity contribution is 5.77. The van der Waals surface area contributed by atoms with Crippen LogP contribution in [0, 0.1) is 0 Å². The first-order valence-electron chi connectivity index (χ1n) is 9.70. The molecule has 1 unspecified atom stereocenters. The van der Waals surface area contributed by atoms with E-state index in [4.69, 9.17) is 0 Å². The molecular formula is C24H24N4O. The van der Waals surface area contributed by atoms with Gasteiger partial charge in [0.05, 0.1) is 17.1 Å². The highest BCUT2D eigenvalue weighted by atomic mass is 16.2. The fourth-order valence-corrected chi connectivity index (χ4v) is 3.38. The standard InChI is InChI=1S/C24H24N4O/c1-18(27(2)24(29)25-16-19-8-4-3-5-9-19)20-12-14-21(15-13-20)28-17-26-22-10-6-7-11-23(22)28/h3-15,17-18H,16H2,1-2H3,(H,25,29). The number of hydrogen-bond acceptors (Lipinski definition) is 2. The number of fused-ring (bicyclic) bond motifs is 1. The van der Waals surface area contributed by atoms with Crippen molar-refractivity contribution in [3.05, 3.63) is 96.3 Å². The second-order valence-electron chi connectivity index (χ2n) is 7.13. The second-order valence-corrected chi connectivity index (χ2v) is 7.13. The van der Waals surface area contributed by atoms with Gasteiger partial charge in [0.25, 0.3) is 0 Å². The summed E-state index contributed by atoms with van der Waals surface area (Å²) in [5, 5.41) is 2.98. The van der Waals surface area contributed by atoms with E-state index in [1.165, 1.54) is 0 Å². The molecule has 5 nitrogen and oxygen atoms in total. The van der Waals surface area contributed by atoms with E-state index in [1.54, 1.807) is 4.90 Å². The Balaban J connectivity index is 1.44. The molecule has 5 heteroatoms. The minimum Gasteiger partial charge on any atom is -0.334 e. The number of carbonyl (C=O) groups excluding carboxylic acids is 1. The van der Waals surface area contributed by atoms with Crippen LogP contribution in [-0.2, 0) is 6.54 Å². The van der Waals surface area contributed by atoms with Crippen molar-refractivity contribution in [3.8, 4) is 5.69 Å². The van der Waals surface area contributed by atoms with Crippen molar-refractivity contribution in [2.75, 3.05) is 7.05 Å². The van der Waals surface area contributed by atoms with E-state index >= 15 is 0 Å². The molecule has 0 aliphatic rings. The summed E-state index contributed by atoms with van der Waals surface area (Å²) in [4.78, 5) is 18.7. The summed E-state index contributed by atoms with van der Waals surface area (Å²) >= 11 is 0. The van der Waals surface area contributed by atoms with Crippen molar-refractivity contribution in [2.45, 2.75) is 19.5 Å². The molecule has 1 N–H and O–H groups in total. The average molecular weight is 384 g/mol. The monoisotopic (exact) mass is 384 g/mol. The number of hydrogen-bond donors (Lipinski definition) is 1. The second kappa shape index (κ2) is 8.19. The molecule has 2 amide bonds. The van der Waals surface area contributed by atoms with Crippen LogP contribution in [0.5, 0.6) is 0 Å². The Hall–Kier alpha value is -3.60.